The molecule has 4 rings (SSSR count). The summed E-state index contributed by atoms with van der Waals surface area (Å²) in [6.07, 6.45) is 1.95. The molecule has 3 heterocycles. The molecule has 7 nitrogen and oxygen atoms in total. The second-order valence-corrected chi connectivity index (χ2v) is 9.01. The van der Waals surface area contributed by atoms with Crippen LogP contribution in [0.15, 0.2) is 30.3 Å². The van der Waals surface area contributed by atoms with Gasteiger partial charge < -0.3 is 9.64 Å². The summed E-state index contributed by atoms with van der Waals surface area (Å²) in [4.78, 5) is 14.5. The van der Waals surface area contributed by atoms with Crippen LogP contribution >= 0.6 is 23.2 Å². The summed E-state index contributed by atoms with van der Waals surface area (Å²) in [5, 5.41) is 14.3. The number of methoxy groups -OCH3 is 1. The van der Waals surface area contributed by atoms with Crippen LogP contribution in [0.4, 0.5) is 5.82 Å². The minimum absolute atomic E-state index is 0.170. The Morgan fingerprint density at radius 3 is 2.60 bits per heavy atom. The number of rotatable bonds is 4. The highest BCUT2D eigenvalue weighted by atomic mass is 35.5. The van der Waals surface area contributed by atoms with Crippen LogP contribution in [0.3, 0.4) is 0 Å². The summed E-state index contributed by atoms with van der Waals surface area (Å²) < 4.78 is 6.73. The summed E-state index contributed by atoms with van der Waals surface area (Å²) >= 11 is 12.3. The SMILES string of the molecule is COC(=O)C(C)(C)C1CCCN(c2ccc3nnc(-c4cc(Cl)cc(Cl)c4)n3n2)C1. The van der Waals surface area contributed by atoms with Gasteiger partial charge in [0.2, 0.25) is 0 Å². The van der Waals surface area contributed by atoms with Crippen LogP contribution in [0.5, 0.6) is 0 Å². The van der Waals surface area contributed by atoms with Gasteiger partial charge in [0.25, 0.3) is 0 Å². The Morgan fingerprint density at radius 2 is 1.90 bits per heavy atom. The monoisotopic (exact) mass is 447 g/mol. The molecule has 1 atom stereocenters. The van der Waals surface area contributed by atoms with E-state index in [1.165, 1.54) is 7.11 Å². The van der Waals surface area contributed by atoms with Gasteiger partial charge in [-0.25, -0.2) is 0 Å². The number of hydrogen-bond donors (Lipinski definition) is 0. The van der Waals surface area contributed by atoms with E-state index < -0.39 is 5.41 Å². The molecule has 1 aliphatic heterocycles. The van der Waals surface area contributed by atoms with E-state index in [4.69, 9.17) is 33.0 Å². The predicted molar refractivity (Wildman–Crippen MR) is 117 cm³/mol. The highest BCUT2D eigenvalue weighted by molar-refractivity contribution is 6.35. The first-order chi connectivity index (χ1) is 14.3. The quantitative estimate of drug-likeness (QED) is 0.547. The van der Waals surface area contributed by atoms with E-state index in [2.05, 4.69) is 15.1 Å². The van der Waals surface area contributed by atoms with E-state index >= 15 is 0 Å². The number of hydrogen-bond acceptors (Lipinski definition) is 6. The topological polar surface area (TPSA) is 72.6 Å². The number of piperidine rings is 1. The third-order valence-electron chi connectivity index (χ3n) is 5.85. The van der Waals surface area contributed by atoms with E-state index in [-0.39, 0.29) is 11.9 Å². The summed E-state index contributed by atoms with van der Waals surface area (Å²) in [5.74, 6) is 1.36. The maximum absolute atomic E-state index is 12.3. The van der Waals surface area contributed by atoms with Crippen LogP contribution < -0.4 is 4.90 Å². The van der Waals surface area contributed by atoms with Crippen LogP contribution in [0, 0.1) is 11.3 Å². The fourth-order valence-electron chi connectivity index (χ4n) is 4.01. The first-order valence-electron chi connectivity index (χ1n) is 9.82. The molecule has 0 aliphatic carbocycles. The van der Waals surface area contributed by atoms with Crippen molar-refractivity contribution in [3.8, 4) is 11.4 Å². The van der Waals surface area contributed by atoms with Gasteiger partial charge in [0.05, 0.1) is 12.5 Å². The third kappa shape index (κ3) is 3.84. The van der Waals surface area contributed by atoms with Gasteiger partial charge in [0.1, 0.15) is 5.82 Å². The van der Waals surface area contributed by atoms with Crippen molar-refractivity contribution in [3.63, 3.8) is 0 Å². The Morgan fingerprint density at radius 1 is 1.17 bits per heavy atom. The minimum atomic E-state index is -0.559. The first kappa shape index (κ1) is 20.9. The lowest BCUT2D eigenvalue weighted by Gasteiger charge is -2.40. The molecule has 3 aromatic rings. The van der Waals surface area contributed by atoms with Crippen molar-refractivity contribution >= 4 is 40.6 Å². The average Bonchev–Trinajstić information content (AvgIpc) is 3.15. The number of ether oxygens (including phenoxy) is 1. The number of fused-ring (bicyclic) bond motifs is 1. The summed E-state index contributed by atoms with van der Waals surface area (Å²) in [6.45, 7) is 5.49. The molecule has 0 radical (unpaired) electrons. The maximum atomic E-state index is 12.3. The molecule has 0 bridgehead atoms. The molecule has 9 heteroatoms. The van der Waals surface area contributed by atoms with Gasteiger partial charge in [-0.2, -0.15) is 4.52 Å². The molecule has 158 valence electrons. The molecule has 1 saturated heterocycles. The number of halogens is 2. The van der Waals surface area contributed by atoms with Crippen LogP contribution in [0.2, 0.25) is 10.0 Å². The van der Waals surface area contributed by atoms with Crippen LogP contribution in [0.1, 0.15) is 26.7 Å². The highest BCUT2D eigenvalue weighted by Crippen LogP contribution is 2.36. The van der Waals surface area contributed by atoms with Gasteiger partial charge in [-0.15, -0.1) is 15.3 Å². The van der Waals surface area contributed by atoms with E-state index in [1.807, 2.05) is 26.0 Å². The van der Waals surface area contributed by atoms with Gasteiger partial charge in [0, 0.05) is 28.7 Å². The fraction of sp³-hybridized carbons (Fsp3) is 0.429. The van der Waals surface area contributed by atoms with Crippen molar-refractivity contribution in [2.45, 2.75) is 26.7 Å². The van der Waals surface area contributed by atoms with E-state index in [9.17, 15) is 4.79 Å². The fourth-order valence-corrected chi connectivity index (χ4v) is 4.54. The molecule has 0 N–H and O–H groups in total. The predicted octanol–water partition coefficient (Wildman–Crippen LogP) is 4.51. The number of nitrogens with zero attached hydrogens (tertiary/aromatic N) is 5. The van der Waals surface area contributed by atoms with Crippen molar-refractivity contribution in [2.24, 2.45) is 11.3 Å². The largest absolute Gasteiger partial charge is 0.469 e. The van der Waals surface area contributed by atoms with Gasteiger partial charge in [0.15, 0.2) is 11.5 Å². The van der Waals surface area contributed by atoms with E-state index in [1.54, 1.807) is 22.7 Å². The smallest absolute Gasteiger partial charge is 0.311 e. The number of carbonyl (C=O) groups is 1. The van der Waals surface area contributed by atoms with Crippen LogP contribution in [0.25, 0.3) is 17.0 Å². The molecule has 1 unspecified atom stereocenters. The molecule has 0 spiro atoms. The first-order valence-corrected chi connectivity index (χ1v) is 10.6. The lowest BCUT2D eigenvalue weighted by Crippen LogP contribution is -2.45. The molecule has 30 heavy (non-hydrogen) atoms. The van der Waals surface area contributed by atoms with Crippen LogP contribution in [-0.4, -0.2) is 46.0 Å². The number of esters is 1. The zero-order chi connectivity index (χ0) is 21.5. The molecular weight excluding hydrogens is 425 g/mol. The Balaban J connectivity index is 1.67. The Hall–Kier alpha value is -2.38. The van der Waals surface area contributed by atoms with Crippen LogP contribution in [-0.2, 0) is 9.53 Å². The number of anilines is 1. The van der Waals surface area contributed by atoms with Crippen molar-refractivity contribution in [1.29, 1.82) is 0 Å². The molecule has 1 aliphatic rings. The normalized spacial score (nSPS) is 17.4. The zero-order valence-corrected chi connectivity index (χ0v) is 18.6. The molecule has 1 aromatic carbocycles. The van der Waals surface area contributed by atoms with Crippen molar-refractivity contribution in [1.82, 2.24) is 19.8 Å². The minimum Gasteiger partial charge on any atom is -0.469 e. The lowest BCUT2D eigenvalue weighted by atomic mass is 9.74. The Bertz CT molecular complexity index is 1080. The van der Waals surface area contributed by atoms with Crippen molar-refractivity contribution in [2.75, 3.05) is 25.1 Å². The van der Waals surface area contributed by atoms with Crippen molar-refractivity contribution in [3.05, 3.63) is 40.4 Å². The molecule has 0 saturated carbocycles. The molecular formula is C21H23Cl2N5O2. The standard InChI is InChI=1S/C21H23Cl2N5O2/c1-21(2,20(29)30-3)14-5-4-8-27(12-14)18-7-6-17-24-25-19(28(17)26-18)13-9-15(22)11-16(23)10-13/h6-7,9-11,14H,4-5,8,12H2,1-3H3. The highest BCUT2D eigenvalue weighted by Gasteiger charge is 2.40. The second-order valence-electron chi connectivity index (χ2n) is 8.14. The molecule has 1 fully saturated rings. The molecule has 0 amide bonds. The Labute approximate surface area is 184 Å². The van der Waals surface area contributed by atoms with Gasteiger partial charge in [-0.05, 0) is 62.9 Å². The van der Waals surface area contributed by atoms with E-state index in [0.29, 0.717) is 21.5 Å². The number of benzene rings is 1. The van der Waals surface area contributed by atoms with Gasteiger partial charge >= 0.3 is 5.97 Å². The average molecular weight is 448 g/mol. The maximum Gasteiger partial charge on any atom is 0.311 e. The lowest BCUT2D eigenvalue weighted by molar-refractivity contribution is -0.154. The Kier molecular flexibility index (Phi) is 5.59. The van der Waals surface area contributed by atoms with Gasteiger partial charge in [-0.3, -0.25) is 4.79 Å². The van der Waals surface area contributed by atoms with Gasteiger partial charge in [-0.1, -0.05) is 23.2 Å². The summed E-state index contributed by atoms with van der Waals surface area (Å²) in [5.41, 5.74) is 0.817. The summed E-state index contributed by atoms with van der Waals surface area (Å²) in [6, 6.07) is 9.07. The summed E-state index contributed by atoms with van der Waals surface area (Å²) in [7, 11) is 1.44. The van der Waals surface area contributed by atoms with E-state index in [0.717, 1.165) is 37.3 Å². The molecule has 2 aromatic heterocycles. The van der Waals surface area contributed by atoms with Crippen molar-refractivity contribution < 1.29 is 9.53 Å². The zero-order valence-electron chi connectivity index (χ0n) is 17.1. The number of aromatic nitrogens is 4. The third-order valence-corrected chi connectivity index (χ3v) is 6.28. The second kappa shape index (κ2) is 8.04. The number of carbonyl (C=O) groups excluding carboxylic acids is 1.